The van der Waals surface area contributed by atoms with Crippen LogP contribution in [-0.4, -0.2) is 52.8 Å². The topological polar surface area (TPSA) is 57.5 Å². The van der Waals surface area contributed by atoms with Crippen LogP contribution >= 0.6 is 0 Å². The van der Waals surface area contributed by atoms with E-state index in [0.717, 1.165) is 50.2 Å². The van der Waals surface area contributed by atoms with Crippen LogP contribution in [0.25, 0.3) is 0 Å². The van der Waals surface area contributed by atoms with E-state index in [1.807, 2.05) is 6.07 Å². The van der Waals surface area contributed by atoms with Crippen molar-refractivity contribution in [2.45, 2.75) is 64.5 Å². The third-order valence-electron chi connectivity index (χ3n) is 5.51. The molecule has 1 aromatic heterocycles. The highest BCUT2D eigenvalue weighted by atomic mass is 16.3. The highest BCUT2D eigenvalue weighted by Crippen LogP contribution is 2.38. The number of aliphatic hydroxyl groups excluding tert-OH is 1. The predicted molar refractivity (Wildman–Crippen MR) is 95.4 cm³/mol. The molecule has 5 heteroatoms. The van der Waals surface area contributed by atoms with Gasteiger partial charge in [-0.1, -0.05) is 0 Å². The van der Waals surface area contributed by atoms with Crippen molar-refractivity contribution in [3.63, 3.8) is 0 Å². The molecule has 0 bridgehead atoms. The van der Waals surface area contributed by atoms with Crippen molar-refractivity contribution in [3.05, 3.63) is 23.0 Å². The molecule has 0 aromatic carbocycles. The Hall–Kier alpha value is -1.33. The Bertz CT molecular complexity index is 577. The van der Waals surface area contributed by atoms with Gasteiger partial charge in [-0.05, 0) is 71.5 Å². The summed E-state index contributed by atoms with van der Waals surface area (Å²) in [5, 5.41) is 12.4. The molecule has 0 radical (unpaired) electrons. The van der Waals surface area contributed by atoms with Gasteiger partial charge in [-0.25, -0.2) is 0 Å². The number of aliphatic hydroxyl groups is 1. The molecule has 1 amide bonds. The van der Waals surface area contributed by atoms with Gasteiger partial charge in [0.1, 0.15) is 0 Å². The molecule has 134 valence electrons. The van der Waals surface area contributed by atoms with Crippen molar-refractivity contribution in [1.29, 1.82) is 0 Å². The maximum absolute atomic E-state index is 12.4. The Morgan fingerprint density at radius 3 is 2.79 bits per heavy atom. The second-order valence-electron chi connectivity index (χ2n) is 7.36. The second-order valence-corrected chi connectivity index (χ2v) is 7.36. The first-order chi connectivity index (χ1) is 11.6. The van der Waals surface area contributed by atoms with Gasteiger partial charge in [0, 0.05) is 30.0 Å². The van der Waals surface area contributed by atoms with Crippen molar-refractivity contribution in [2.24, 2.45) is 0 Å². The van der Waals surface area contributed by atoms with Gasteiger partial charge in [0.25, 0.3) is 5.91 Å². The first-order valence-corrected chi connectivity index (χ1v) is 9.43. The number of unbranched alkanes of at least 4 members (excludes halogenated alkanes) is 1. The van der Waals surface area contributed by atoms with E-state index >= 15 is 0 Å². The van der Waals surface area contributed by atoms with E-state index < -0.39 is 0 Å². The minimum Gasteiger partial charge on any atom is -0.395 e. The largest absolute Gasteiger partial charge is 0.395 e. The fourth-order valence-corrected chi connectivity index (χ4v) is 4.03. The molecule has 0 spiro atoms. The molecule has 1 aliphatic carbocycles. The zero-order valence-corrected chi connectivity index (χ0v) is 15.1. The molecular formula is C19H31N3O2. The molecule has 1 aromatic rings. The number of rotatable bonds is 8. The Kier molecular flexibility index (Phi) is 5.61. The second kappa shape index (κ2) is 7.70. The van der Waals surface area contributed by atoms with Crippen LogP contribution in [-0.2, 0) is 0 Å². The fourth-order valence-electron chi connectivity index (χ4n) is 4.03. The maximum atomic E-state index is 12.4. The van der Waals surface area contributed by atoms with Gasteiger partial charge in [-0.15, -0.1) is 0 Å². The standard InChI is InChI=1S/C19H31N3O2/c1-14-12-18(15(2)22(14)16-7-8-16)19(24)20-9-3-4-10-21-11-5-6-17(21)13-23/h12,16-17,23H,3-11,13H2,1-2H3,(H,20,24). The smallest absolute Gasteiger partial charge is 0.253 e. The Morgan fingerprint density at radius 2 is 2.08 bits per heavy atom. The highest BCUT2D eigenvalue weighted by Gasteiger charge is 2.28. The van der Waals surface area contributed by atoms with E-state index in [-0.39, 0.29) is 12.5 Å². The van der Waals surface area contributed by atoms with Crippen molar-refractivity contribution in [3.8, 4) is 0 Å². The van der Waals surface area contributed by atoms with E-state index in [4.69, 9.17) is 0 Å². The van der Waals surface area contributed by atoms with Crippen LogP contribution in [0.2, 0.25) is 0 Å². The summed E-state index contributed by atoms with van der Waals surface area (Å²) in [7, 11) is 0. The number of likely N-dealkylation sites (tertiary alicyclic amines) is 1. The van der Waals surface area contributed by atoms with Gasteiger partial charge in [0.15, 0.2) is 0 Å². The number of nitrogens with one attached hydrogen (secondary N) is 1. The minimum atomic E-state index is 0.0596. The Morgan fingerprint density at radius 1 is 1.29 bits per heavy atom. The fraction of sp³-hybridized carbons (Fsp3) is 0.737. The van der Waals surface area contributed by atoms with Crippen molar-refractivity contribution >= 4 is 5.91 Å². The number of carbonyl (C=O) groups is 1. The summed E-state index contributed by atoms with van der Waals surface area (Å²) < 4.78 is 2.32. The van der Waals surface area contributed by atoms with Crippen LogP contribution < -0.4 is 5.32 Å². The Labute approximate surface area is 145 Å². The van der Waals surface area contributed by atoms with E-state index in [2.05, 4.69) is 28.6 Å². The summed E-state index contributed by atoms with van der Waals surface area (Å²) in [6, 6.07) is 3.00. The lowest BCUT2D eigenvalue weighted by Crippen LogP contribution is -2.33. The summed E-state index contributed by atoms with van der Waals surface area (Å²) in [5.74, 6) is 0.0596. The summed E-state index contributed by atoms with van der Waals surface area (Å²) in [4.78, 5) is 14.8. The molecule has 2 N–H and O–H groups in total. The summed E-state index contributed by atoms with van der Waals surface area (Å²) >= 11 is 0. The highest BCUT2D eigenvalue weighted by molar-refractivity contribution is 5.95. The number of hydrogen-bond donors (Lipinski definition) is 2. The SMILES string of the molecule is Cc1cc(C(=O)NCCCCN2CCCC2CO)c(C)n1C1CC1. The number of carbonyl (C=O) groups excluding carboxylic acids is 1. The van der Waals surface area contributed by atoms with Gasteiger partial charge >= 0.3 is 0 Å². The zero-order chi connectivity index (χ0) is 17.1. The molecule has 1 atom stereocenters. The third kappa shape index (κ3) is 3.83. The van der Waals surface area contributed by atoms with E-state index in [0.29, 0.717) is 12.1 Å². The average molecular weight is 333 g/mol. The zero-order valence-electron chi connectivity index (χ0n) is 15.1. The Balaban J connectivity index is 1.41. The number of aromatic nitrogens is 1. The van der Waals surface area contributed by atoms with Crippen LogP contribution in [0.1, 0.15) is 66.3 Å². The minimum absolute atomic E-state index is 0.0596. The number of aryl methyl sites for hydroxylation is 1. The summed E-state index contributed by atoms with van der Waals surface area (Å²) in [6.45, 7) is 7.28. The van der Waals surface area contributed by atoms with Crippen LogP contribution in [0.3, 0.4) is 0 Å². The molecule has 1 aliphatic heterocycles. The molecule has 1 saturated carbocycles. The molecule has 24 heavy (non-hydrogen) atoms. The van der Waals surface area contributed by atoms with Gasteiger partial charge in [0.05, 0.1) is 12.2 Å². The number of amides is 1. The molecule has 2 aliphatic rings. The number of nitrogens with zero attached hydrogens (tertiary/aromatic N) is 2. The van der Waals surface area contributed by atoms with Crippen molar-refractivity contribution < 1.29 is 9.90 Å². The monoisotopic (exact) mass is 333 g/mol. The summed E-state index contributed by atoms with van der Waals surface area (Å²) in [6.07, 6.45) is 6.84. The molecule has 1 unspecified atom stereocenters. The van der Waals surface area contributed by atoms with Crippen LogP contribution in [0, 0.1) is 13.8 Å². The molecular weight excluding hydrogens is 302 g/mol. The molecule has 3 rings (SSSR count). The number of hydrogen-bond acceptors (Lipinski definition) is 3. The van der Waals surface area contributed by atoms with Crippen LogP contribution in [0.15, 0.2) is 6.07 Å². The first-order valence-electron chi connectivity index (χ1n) is 9.43. The lowest BCUT2D eigenvalue weighted by Gasteiger charge is -2.22. The predicted octanol–water partition coefficient (Wildman–Crippen LogP) is 2.41. The lowest BCUT2D eigenvalue weighted by molar-refractivity contribution is 0.0951. The molecule has 2 heterocycles. The van der Waals surface area contributed by atoms with E-state index in [1.165, 1.54) is 25.0 Å². The lowest BCUT2D eigenvalue weighted by atomic mass is 10.2. The van der Waals surface area contributed by atoms with E-state index in [9.17, 15) is 9.90 Å². The van der Waals surface area contributed by atoms with Gasteiger partial charge in [-0.2, -0.15) is 0 Å². The van der Waals surface area contributed by atoms with Crippen LogP contribution in [0.4, 0.5) is 0 Å². The first kappa shape index (κ1) is 17.5. The van der Waals surface area contributed by atoms with Gasteiger partial charge in [0.2, 0.25) is 0 Å². The van der Waals surface area contributed by atoms with Crippen molar-refractivity contribution in [1.82, 2.24) is 14.8 Å². The van der Waals surface area contributed by atoms with Crippen LogP contribution in [0.5, 0.6) is 0 Å². The normalized spacial score (nSPS) is 21.4. The van der Waals surface area contributed by atoms with Gasteiger partial charge in [-0.3, -0.25) is 9.69 Å². The summed E-state index contributed by atoms with van der Waals surface area (Å²) in [5.41, 5.74) is 3.14. The van der Waals surface area contributed by atoms with Crippen molar-refractivity contribution in [2.75, 3.05) is 26.2 Å². The van der Waals surface area contributed by atoms with E-state index in [1.54, 1.807) is 0 Å². The third-order valence-corrected chi connectivity index (χ3v) is 5.51. The molecule has 2 fully saturated rings. The quantitative estimate of drug-likeness (QED) is 0.718. The van der Waals surface area contributed by atoms with Gasteiger partial charge < -0.3 is 15.0 Å². The maximum Gasteiger partial charge on any atom is 0.253 e. The molecule has 1 saturated heterocycles. The average Bonchev–Trinajstić information content (AvgIpc) is 3.21. The molecule has 5 nitrogen and oxygen atoms in total.